The molecule has 1 aliphatic rings. The van der Waals surface area contributed by atoms with E-state index in [0.717, 1.165) is 17.7 Å². The van der Waals surface area contributed by atoms with Gasteiger partial charge in [0, 0.05) is 11.3 Å². The van der Waals surface area contributed by atoms with Crippen molar-refractivity contribution >= 4 is 0 Å². The Hall–Kier alpha value is -0.990. The zero-order valence-electron chi connectivity index (χ0n) is 7.92. The number of alkyl halides is 1. The summed E-state index contributed by atoms with van der Waals surface area (Å²) >= 11 is 0. The van der Waals surface area contributed by atoms with Crippen molar-refractivity contribution in [2.24, 2.45) is 0 Å². The Balaban J connectivity index is 2.55. The molecule has 3 heteroatoms. The standard InChI is InChI=1S/C10H13FN2/c1-3-8-9-6(2)4-7(11)10(9)13-5-12-8/h5-7H,3-4H2,1-2H3/t6-,7-/m0/s1. The summed E-state index contributed by atoms with van der Waals surface area (Å²) in [5.74, 6) is 0.279. The lowest BCUT2D eigenvalue weighted by atomic mass is 10.0. The molecule has 2 rings (SSSR count). The van der Waals surface area contributed by atoms with E-state index in [0.29, 0.717) is 12.1 Å². The van der Waals surface area contributed by atoms with E-state index >= 15 is 0 Å². The Morgan fingerprint density at radius 2 is 2.31 bits per heavy atom. The molecule has 1 aliphatic carbocycles. The Morgan fingerprint density at radius 3 is 3.00 bits per heavy atom. The van der Waals surface area contributed by atoms with Crippen LogP contribution in [0.25, 0.3) is 0 Å². The minimum Gasteiger partial charge on any atom is -0.241 e. The summed E-state index contributed by atoms with van der Waals surface area (Å²) in [5, 5.41) is 0. The van der Waals surface area contributed by atoms with E-state index in [4.69, 9.17) is 0 Å². The largest absolute Gasteiger partial charge is 0.241 e. The molecule has 13 heavy (non-hydrogen) atoms. The van der Waals surface area contributed by atoms with Gasteiger partial charge in [-0.1, -0.05) is 13.8 Å². The maximum atomic E-state index is 13.4. The number of aryl methyl sites for hydroxylation is 1. The van der Waals surface area contributed by atoms with Crippen molar-refractivity contribution in [1.29, 1.82) is 0 Å². The summed E-state index contributed by atoms with van der Waals surface area (Å²) in [7, 11) is 0. The van der Waals surface area contributed by atoms with Gasteiger partial charge in [-0.15, -0.1) is 0 Å². The Kier molecular flexibility index (Phi) is 2.02. The second-order valence-electron chi connectivity index (χ2n) is 3.58. The van der Waals surface area contributed by atoms with E-state index in [2.05, 4.69) is 9.97 Å². The van der Waals surface area contributed by atoms with Crippen LogP contribution in [0, 0.1) is 0 Å². The summed E-state index contributed by atoms with van der Waals surface area (Å²) in [4.78, 5) is 8.19. The summed E-state index contributed by atoms with van der Waals surface area (Å²) in [6, 6.07) is 0. The number of hydrogen-bond acceptors (Lipinski definition) is 2. The molecule has 0 aliphatic heterocycles. The molecule has 0 radical (unpaired) electrons. The van der Waals surface area contributed by atoms with Gasteiger partial charge in [-0.3, -0.25) is 0 Å². The summed E-state index contributed by atoms with van der Waals surface area (Å²) in [6.45, 7) is 4.09. The van der Waals surface area contributed by atoms with E-state index < -0.39 is 6.17 Å². The average Bonchev–Trinajstić information content (AvgIpc) is 2.43. The van der Waals surface area contributed by atoms with Crippen LogP contribution in [0.15, 0.2) is 6.33 Å². The highest BCUT2D eigenvalue weighted by molar-refractivity contribution is 5.34. The van der Waals surface area contributed by atoms with E-state index in [9.17, 15) is 4.39 Å². The van der Waals surface area contributed by atoms with Gasteiger partial charge in [0.05, 0.1) is 5.69 Å². The minimum absolute atomic E-state index is 0.279. The van der Waals surface area contributed by atoms with E-state index in [-0.39, 0.29) is 5.92 Å². The monoisotopic (exact) mass is 180 g/mol. The van der Waals surface area contributed by atoms with Crippen molar-refractivity contribution in [3.05, 3.63) is 23.3 Å². The number of hydrogen-bond donors (Lipinski definition) is 0. The van der Waals surface area contributed by atoms with Crippen LogP contribution in [0.4, 0.5) is 4.39 Å². The van der Waals surface area contributed by atoms with Gasteiger partial charge in [0.1, 0.15) is 12.5 Å². The second-order valence-corrected chi connectivity index (χ2v) is 3.58. The van der Waals surface area contributed by atoms with Gasteiger partial charge in [0.25, 0.3) is 0 Å². The number of nitrogens with zero attached hydrogens (tertiary/aromatic N) is 2. The van der Waals surface area contributed by atoms with Crippen LogP contribution in [0.1, 0.15) is 49.3 Å². The highest BCUT2D eigenvalue weighted by atomic mass is 19.1. The van der Waals surface area contributed by atoms with Gasteiger partial charge in [-0.2, -0.15) is 0 Å². The highest BCUT2D eigenvalue weighted by Gasteiger charge is 2.31. The zero-order chi connectivity index (χ0) is 9.42. The van der Waals surface area contributed by atoms with Crippen molar-refractivity contribution in [2.45, 2.75) is 38.8 Å². The van der Waals surface area contributed by atoms with Crippen molar-refractivity contribution in [3.8, 4) is 0 Å². The topological polar surface area (TPSA) is 25.8 Å². The molecular formula is C10H13FN2. The lowest BCUT2D eigenvalue weighted by Crippen LogP contribution is -2.00. The molecule has 1 heterocycles. The Bertz CT molecular complexity index is 325. The molecule has 0 saturated carbocycles. The van der Waals surface area contributed by atoms with Gasteiger partial charge >= 0.3 is 0 Å². The molecule has 0 amide bonds. The van der Waals surface area contributed by atoms with E-state index in [1.807, 2.05) is 13.8 Å². The SMILES string of the molecule is CCc1ncnc2c1[C@@H](C)C[C@@H]2F. The summed E-state index contributed by atoms with van der Waals surface area (Å²) in [6.07, 6.45) is 2.03. The van der Waals surface area contributed by atoms with Crippen molar-refractivity contribution < 1.29 is 4.39 Å². The fourth-order valence-electron chi connectivity index (χ4n) is 2.06. The molecule has 0 bridgehead atoms. The first-order chi connectivity index (χ1) is 6.24. The predicted molar refractivity (Wildman–Crippen MR) is 48.3 cm³/mol. The Labute approximate surface area is 77.2 Å². The molecule has 1 aromatic heterocycles. The lowest BCUT2D eigenvalue weighted by Gasteiger charge is -2.07. The molecule has 0 fully saturated rings. The predicted octanol–water partition coefficient (Wildman–Crippen LogP) is 2.56. The molecule has 0 N–H and O–H groups in total. The number of halogens is 1. The van der Waals surface area contributed by atoms with Crippen LogP contribution in [-0.4, -0.2) is 9.97 Å². The average molecular weight is 180 g/mol. The first-order valence-corrected chi connectivity index (χ1v) is 4.71. The molecule has 1 aromatic rings. The minimum atomic E-state index is -0.877. The molecule has 0 spiro atoms. The van der Waals surface area contributed by atoms with Crippen LogP contribution < -0.4 is 0 Å². The van der Waals surface area contributed by atoms with Crippen molar-refractivity contribution in [3.63, 3.8) is 0 Å². The van der Waals surface area contributed by atoms with Gasteiger partial charge in [-0.25, -0.2) is 14.4 Å². The lowest BCUT2D eigenvalue weighted by molar-refractivity contribution is 0.326. The maximum absolute atomic E-state index is 13.4. The van der Waals surface area contributed by atoms with Crippen LogP contribution in [0.5, 0.6) is 0 Å². The Morgan fingerprint density at radius 1 is 1.54 bits per heavy atom. The summed E-state index contributed by atoms with van der Waals surface area (Å²) < 4.78 is 13.4. The number of fused-ring (bicyclic) bond motifs is 1. The van der Waals surface area contributed by atoms with Crippen LogP contribution in [-0.2, 0) is 6.42 Å². The first-order valence-electron chi connectivity index (χ1n) is 4.71. The number of rotatable bonds is 1. The molecule has 0 unspecified atom stereocenters. The smallest absolute Gasteiger partial charge is 0.143 e. The van der Waals surface area contributed by atoms with E-state index in [1.54, 1.807) is 0 Å². The maximum Gasteiger partial charge on any atom is 0.143 e. The van der Waals surface area contributed by atoms with E-state index in [1.165, 1.54) is 6.33 Å². The molecule has 0 saturated heterocycles. The van der Waals surface area contributed by atoms with Crippen LogP contribution in [0.2, 0.25) is 0 Å². The fourth-order valence-corrected chi connectivity index (χ4v) is 2.06. The van der Waals surface area contributed by atoms with Gasteiger partial charge in [0.2, 0.25) is 0 Å². The van der Waals surface area contributed by atoms with Crippen molar-refractivity contribution in [1.82, 2.24) is 9.97 Å². The molecule has 2 nitrogen and oxygen atoms in total. The molecule has 70 valence electrons. The third-order valence-corrected chi connectivity index (χ3v) is 2.68. The normalized spacial score (nSPS) is 26.1. The first kappa shape index (κ1) is 8.60. The molecule has 0 aromatic carbocycles. The number of aromatic nitrogens is 2. The fraction of sp³-hybridized carbons (Fsp3) is 0.600. The quantitative estimate of drug-likeness (QED) is 0.663. The van der Waals surface area contributed by atoms with Gasteiger partial charge < -0.3 is 0 Å². The third-order valence-electron chi connectivity index (χ3n) is 2.68. The van der Waals surface area contributed by atoms with Crippen molar-refractivity contribution in [2.75, 3.05) is 0 Å². The third kappa shape index (κ3) is 1.23. The zero-order valence-corrected chi connectivity index (χ0v) is 7.92. The molecule has 2 atom stereocenters. The van der Waals surface area contributed by atoms with Crippen LogP contribution >= 0.6 is 0 Å². The second kappa shape index (κ2) is 3.05. The summed E-state index contributed by atoms with van der Waals surface area (Å²) in [5.41, 5.74) is 2.69. The highest BCUT2D eigenvalue weighted by Crippen LogP contribution is 2.41. The van der Waals surface area contributed by atoms with Gasteiger partial charge in [0.15, 0.2) is 0 Å². The molecular weight excluding hydrogens is 167 g/mol. The van der Waals surface area contributed by atoms with Gasteiger partial charge in [-0.05, 0) is 18.8 Å². The van der Waals surface area contributed by atoms with Crippen LogP contribution in [0.3, 0.4) is 0 Å².